The highest BCUT2D eigenvalue weighted by Gasteiger charge is 2.13. The van der Waals surface area contributed by atoms with Crippen LogP contribution in [0.1, 0.15) is 15.9 Å². The molecule has 0 unspecified atom stereocenters. The first kappa shape index (κ1) is 11.1. The maximum Gasteiger partial charge on any atom is 0.380 e. The van der Waals surface area contributed by atoms with Crippen molar-refractivity contribution in [2.24, 2.45) is 0 Å². The van der Waals surface area contributed by atoms with E-state index in [1.165, 1.54) is 0 Å². The Hall–Kier alpha value is -1.42. The van der Waals surface area contributed by atoms with E-state index in [9.17, 15) is 9.32 Å². The van der Waals surface area contributed by atoms with Crippen LogP contribution >= 0.6 is 15.9 Å². The maximum atomic E-state index is 11.9. The van der Waals surface area contributed by atoms with Gasteiger partial charge in [-0.3, -0.25) is 0 Å². The van der Waals surface area contributed by atoms with Crippen LogP contribution in [0.25, 0.3) is 10.8 Å². The second kappa shape index (κ2) is 4.61. The van der Waals surface area contributed by atoms with Crippen LogP contribution in [0.4, 0.5) is 4.53 Å². The Morgan fingerprint density at radius 3 is 2.50 bits per heavy atom. The normalized spacial score (nSPS) is 10.4. The average molecular weight is 283 g/mol. The quantitative estimate of drug-likeness (QED) is 0.784. The Labute approximate surface area is 100 Å². The van der Waals surface area contributed by atoms with Gasteiger partial charge in [0.2, 0.25) is 0 Å². The molecular formula is C12H8BrFO2. The molecule has 0 saturated carbocycles. The van der Waals surface area contributed by atoms with Gasteiger partial charge in [-0.15, -0.1) is 0 Å². The van der Waals surface area contributed by atoms with Gasteiger partial charge < -0.3 is 0 Å². The van der Waals surface area contributed by atoms with E-state index < -0.39 is 5.97 Å². The summed E-state index contributed by atoms with van der Waals surface area (Å²) in [6.07, 6.45) is 0. The predicted octanol–water partition coefficient (Wildman–Crippen LogP) is 3.78. The Balaban J connectivity index is 2.74. The predicted molar refractivity (Wildman–Crippen MR) is 63.1 cm³/mol. The molecule has 2 aromatic carbocycles. The van der Waals surface area contributed by atoms with E-state index in [1.54, 1.807) is 24.3 Å². The van der Waals surface area contributed by atoms with Crippen LogP contribution in [0.15, 0.2) is 36.4 Å². The standard InChI is InChI=1S/C12H8BrFO2/c13-7-8-5-6-11(12(15)16-14)10-4-2-1-3-9(8)10/h1-6H,7H2. The van der Waals surface area contributed by atoms with Crippen LogP contribution in [0.3, 0.4) is 0 Å². The number of fused-ring (bicyclic) bond motifs is 1. The van der Waals surface area contributed by atoms with E-state index in [2.05, 4.69) is 20.9 Å². The van der Waals surface area contributed by atoms with E-state index in [0.29, 0.717) is 10.7 Å². The van der Waals surface area contributed by atoms with Crippen LogP contribution in [0, 0.1) is 0 Å². The minimum atomic E-state index is -0.961. The highest BCUT2D eigenvalue weighted by atomic mass is 79.9. The number of benzene rings is 2. The molecule has 82 valence electrons. The summed E-state index contributed by atoms with van der Waals surface area (Å²) in [4.78, 5) is 14.5. The van der Waals surface area contributed by atoms with Crippen LogP contribution in [-0.2, 0) is 10.3 Å². The van der Waals surface area contributed by atoms with Crippen molar-refractivity contribution < 1.29 is 14.3 Å². The van der Waals surface area contributed by atoms with E-state index in [1.807, 2.05) is 12.1 Å². The van der Waals surface area contributed by atoms with Gasteiger partial charge in [-0.1, -0.05) is 46.3 Å². The van der Waals surface area contributed by atoms with Crippen molar-refractivity contribution in [3.05, 3.63) is 47.5 Å². The summed E-state index contributed by atoms with van der Waals surface area (Å²) in [6, 6.07) is 10.7. The minimum absolute atomic E-state index is 0.239. The molecule has 2 nitrogen and oxygen atoms in total. The molecule has 0 aliphatic carbocycles. The zero-order chi connectivity index (χ0) is 11.5. The third kappa shape index (κ3) is 1.80. The van der Waals surface area contributed by atoms with E-state index in [-0.39, 0.29) is 5.56 Å². The first-order chi connectivity index (χ1) is 7.77. The summed E-state index contributed by atoms with van der Waals surface area (Å²) in [7, 11) is 0. The molecule has 0 aliphatic rings. The van der Waals surface area contributed by atoms with E-state index >= 15 is 0 Å². The van der Waals surface area contributed by atoms with Gasteiger partial charge >= 0.3 is 5.97 Å². The Bertz CT molecular complexity index is 540. The molecular weight excluding hydrogens is 275 g/mol. The van der Waals surface area contributed by atoms with Crippen LogP contribution in [-0.4, -0.2) is 5.97 Å². The van der Waals surface area contributed by atoms with E-state index in [0.717, 1.165) is 10.9 Å². The lowest BCUT2D eigenvalue weighted by Gasteiger charge is -2.06. The van der Waals surface area contributed by atoms with Crippen LogP contribution < -0.4 is 0 Å². The van der Waals surface area contributed by atoms with Crippen molar-refractivity contribution in [1.29, 1.82) is 0 Å². The van der Waals surface area contributed by atoms with E-state index in [4.69, 9.17) is 0 Å². The van der Waals surface area contributed by atoms with Gasteiger partial charge in [0.1, 0.15) is 0 Å². The van der Waals surface area contributed by atoms with Gasteiger partial charge in [0.05, 0.1) is 5.56 Å². The topological polar surface area (TPSA) is 26.3 Å². The summed E-state index contributed by atoms with van der Waals surface area (Å²) in [5.41, 5.74) is 1.29. The largest absolute Gasteiger partial charge is 0.380 e. The second-order valence-corrected chi connectivity index (χ2v) is 3.88. The van der Waals surface area contributed by atoms with Crippen molar-refractivity contribution in [2.75, 3.05) is 0 Å². The number of alkyl halides is 1. The zero-order valence-corrected chi connectivity index (χ0v) is 9.83. The van der Waals surface area contributed by atoms with Gasteiger partial charge in [-0.2, -0.15) is 0 Å². The van der Waals surface area contributed by atoms with Crippen molar-refractivity contribution in [3.8, 4) is 0 Å². The lowest BCUT2D eigenvalue weighted by Crippen LogP contribution is -2.00. The molecule has 0 N–H and O–H groups in total. The average Bonchev–Trinajstić information content (AvgIpc) is 2.36. The fraction of sp³-hybridized carbons (Fsp3) is 0.0833. The molecule has 0 spiro atoms. The van der Waals surface area contributed by atoms with Crippen molar-refractivity contribution in [1.82, 2.24) is 0 Å². The molecule has 16 heavy (non-hydrogen) atoms. The monoisotopic (exact) mass is 282 g/mol. The molecule has 0 atom stereocenters. The first-order valence-corrected chi connectivity index (χ1v) is 5.79. The third-order valence-electron chi connectivity index (χ3n) is 2.45. The van der Waals surface area contributed by atoms with Crippen molar-refractivity contribution in [3.63, 3.8) is 0 Å². The summed E-state index contributed by atoms with van der Waals surface area (Å²) < 4.78 is 11.9. The summed E-state index contributed by atoms with van der Waals surface area (Å²) >= 11 is 3.37. The fourth-order valence-corrected chi connectivity index (χ4v) is 2.19. The SMILES string of the molecule is O=C(OF)c1ccc(CBr)c2ccccc12. The second-order valence-electron chi connectivity index (χ2n) is 3.32. The summed E-state index contributed by atoms with van der Waals surface area (Å²) in [5.74, 6) is -0.961. The number of halogens is 2. The molecule has 0 heterocycles. The molecule has 0 bridgehead atoms. The highest BCUT2D eigenvalue weighted by molar-refractivity contribution is 9.08. The minimum Gasteiger partial charge on any atom is -0.249 e. The number of carbonyl (C=O) groups is 1. The van der Waals surface area contributed by atoms with Gasteiger partial charge in [-0.05, 0) is 22.4 Å². The molecule has 4 heteroatoms. The number of hydrogen-bond acceptors (Lipinski definition) is 2. The molecule has 0 fully saturated rings. The van der Waals surface area contributed by atoms with Gasteiger partial charge in [0, 0.05) is 9.86 Å². The summed E-state index contributed by atoms with van der Waals surface area (Å²) in [6.45, 7) is 0. The van der Waals surface area contributed by atoms with Gasteiger partial charge in [-0.25, -0.2) is 9.74 Å². The molecule has 0 aliphatic heterocycles. The van der Waals surface area contributed by atoms with Gasteiger partial charge in [0.25, 0.3) is 0 Å². The van der Waals surface area contributed by atoms with Gasteiger partial charge in [0.15, 0.2) is 0 Å². The molecule has 2 aromatic rings. The Morgan fingerprint density at radius 2 is 1.88 bits per heavy atom. The maximum absolute atomic E-state index is 11.9. The molecule has 0 amide bonds. The van der Waals surface area contributed by atoms with Crippen LogP contribution in [0.2, 0.25) is 0 Å². The third-order valence-corrected chi connectivity index (χ3v) is 3.05. The summed E-state index contributed by atoms with van der Waals surface area (Å²) in [5, 5.41) is 2.29. The van der Waals surface area contributed by atoms with Crippen molar-refractivity contribution in [2.45, 2.75) is 5.33 Å². The lowest BCUT2D eigenvalue weighted by atomic mass is 10.0. The molecule has 0 radical (unpaired) electrons. The lowest BCUT2D eigenvalue weighted by molar-refractivity contribution is -0.0786. The number of carbonyl (C=O) groups excluding carboxylic acids is 1. The Kier molecular flexibility index (Phi) is 3.19. The molecule has 0 saturated heterocycles. The fourth-order valence-electron chi connectivity index (χ4n) is 1.70. The number of hydrogen-bond donors (Lipinski definition) is 0. The first-order valence-electron chi connectivity index (χ1n) is 4.67. The molecule has 2 rings (SSSR count). The molecule has 0 aromatic heterocycles. The Morgan fingerprint density at radius 1 is 1.19 bits per heavy atom. The van der Waals surface area contributed by atoms with Crippen LogP contribution in [0.5, 0.6) is 0 Å². The van der Waals surface area contributed by atoms with Crippen molar-refractivity contribution >= 4 is 32.7 Å². The zero-order valence-electron chi connectivity index (χ0n) is 8.24. The number of rotatable bonds is 2. The smallest absolute Gasteiger partial charge is 0.249 e. The highest BCUT2D eigenvalue weighted by Crippen LogP contribution is 2.25.